The Morgan fingerprint density at radius 3 is 1.35 bits per heavy atom. The van der Waals surface area contributed by atoms with E-state index in [1.807, 2.05) is 39.5 Å². The second kappa shape index (κ2) is 19.6. The molecule has 0 aromatic heterocycles. The van der Waals surface area contributed by atoms with E-state index in [2.05, 4.69) is 10.6 Å². The SMILES string of the molecule is CC(C)C(=O)[C@@H](CCCCNC(=O)CN1CCN(CC(=O)O)CCN(CC(=O)O)CCN(CC(=O)O)CC1)NC(C)(C)C. The molecule has 1 aliphatic heterocycles. The topological polar surface area (TPSA) is 183 Å². The second-order valence-corrected chi connectivity index (χ2v) is 12.6. The quantitative estimate of drug-likeness (QED) is 0.143. The highest BCUT2D eigenvalue weighted by molar-refractivity contribution is 5.85. The molecule has 248 valence electrons. The van der Waals surface area contributed by atoms with Crippen molar-refractivity contribution in [2.24, 2.45) is 5.92 Å². The summed E-state index contributed by atoms with van der Waals surface area (Å²) in [5.74, 6) is -3.08. The van der Waals surface area contributed by atoms with Gasteiger partial charge in [-0.15, -0.1) is 0 Å². The van der Waals surface area contributed by atoms with Crippen molar-refractivity contribution in [3.63, 3.8) is 0 Å². The molecule has 1 aliphatic rings. The van der Waals surface area contributed by atoms with Crippen LogP contribution in [0.2, 0.25) is 0 Å². The van der Waals surface area contributed by atoms with Crippen LogP contribution in [0.5, 0.6) is 0 Å². The Balaban J connectivity index is 2.77. The van der Waals surface area contributed by atoms with E-state index >= 15 is 0 Å². The first-order valence-corrected chi connectivity index (χ1v) is 15.2. The van der Waals surface area contributed by atoms with Crippen LogP contribution in [0.25, 0.3) is 0 Å². The molecule has 1 amide bonds. The molecule has 0 unspecified atom stereocenters. The monoisotopic (exact) mass is 614 g/mol. The van der Waals surface area contributed by atoms with E-state index in [0.29, 0.717) is 71.7 Å². The van der Waals surface area contributed by atoms with Crippen LogP contribution < -0.4 is 10.6 Å². The summed E-state index contributed by atoms with van der Waals surface area (Å²) in [4.78, 5) is 66.7. The first kappa shape index (κ1) is 38.4. The van der Waals surface area contributed by atoms with Crippen LogP contribution in [0.1, 0.15) is 53.9 Å². The molecule has 14 nitrogen and oxygen atoms in total. The fourth-order valence-electron chi connectivity index (χ4n) is 4.96. The van der Waals surface area contributed by atoms with Crippen LogP contribution in [-0.4, -0.2) is 161 Å². The van der Waals surface area contributed by atoms with Gasteiger partial charge in [0.15, 0.2) is 5.78 Å². The summed E-state index contributed by atoms with van der Waals surface area (Å²) < 4.78 is 0. The fraction of sp³-hybridized carbons (Fsp3) is 0.828. The van der Waals surface area contributed by atoms with Gasteiger partial charge in [-0.25, -0.2) is 0 Å². The van der Waals surface area contributed by atoms with Gasteiger partial charge in [0, 0.05) is 70.4 Å². The number of rotatable bonds is 16. The molecule has 5 N–H and O–H groups in total. The van der Waals surface area contributed by atoms with Gasteiger partial charge < -0.3 is 26.0 Å². The van der Waals surface area contributed by atoms with Gasteiger partial charge in [-0.1, -0.05) is 13.8 Å². The average Bonchev–Trinajstić information content (AvgIpc) is 2.87. The highest BCUT2D eigenvalue weighted by atomic mass is 16.4. The summed E-state index contributed by atoms with van der Waals surface area (Å²) in [6, 6.07) is -0.239. The van der Waals surface area contributed by atoms with Gasteiger partial charge in [0.1, 0.15) is 0 Å². The Labute approximate surface area is 255 Å². The molecule has 1 fully saturated rings. The first-order chi connectivity index (χ1) is 20.1. The molecule has 1 heterocycles. The molecule has 14 heteroatoms. The summed E-state index contributed by atoms with van der Waals surface area (Å²) in [6.07, 6.45) is 2.16. The molecule has 0 spiro atoms. The largest absolute Gasteiger partial charge is 0.480 e. The molecule has 0 bridgehead atoms. The van der Waals surface area contributed by atoms with E-state index in [0.717, 1.165) is 6.42 Å². The predicted molar refractivity (Wildman–Crippen MR) is 162 cm³/mol. The van der Waals surface area contributed by atoms with Crippen molar-refractivity contribution in [1.29, 1.82) is 0 Å². The van der Waals surface area contributed by atoms with Gasteiger partial charge in [-0.05, 0) is 40.0 Å². The standard InChI is InChI=1S/C29H54N6O8/c1-22(2)28(43)23(31-29(3,4)5)8-6-7-9-30-24(36)18-32-10-12-33(19-25(37)38)14-16-35(21-27(41)42)17-15-34(13-11-32)20-26(39)40/h22-23,31H,6-21H2,1-5H3,(H,30,36)(H,37,38)(H,39,40)(H,41,42)/t23-/m1/s1. The van der Waals surface area contributed by atoms with Gasteiger partial charge in [0.2, 0.25) is 5.91 Å². The number of carbonyl (C=O) groups excluding carboxylic acids is 2. The normalized spacial score (nSPS) is 18.0. The summed E-state index contributed by atoms with van der Waals surface area (Å²) in [7, 11) is 0. The van der Waals surface area contributed by atoms with Crippen LogP contribution in [0.3, 0.4) is 0 Å². The maximum absolute atomic E-state index is 12.8. The predicted octanol–water partition coefficient (Wildman–Crippen LogP) is -0.270. The Morgan fingerprint density at radius 1 is 0.651 bits per heavy atom. The summed E-state index contributed by atoms with van der Waals surface area (Å²) in [5.41, 5.74) is -0.191. The van der Waals surface area contributed by atoms with Gasteiger partial charge >= 0.3 is 17.9 Å². The van der Waals surface area contributed by atoms with Gasteiger partial charge in [-0.2, -0.15) is 0 Å². The van der Waals surface area contributed by atoms with Crippen LogP contribution in [0.15, 0.2) is 0 Å². The van der Waals surface area contributed by atoms with E-state index in [-0.39, 0.29) is 55.4 Å². The number of Topliss-reactive ketones (excluding diaryl/α,β-unsaturated/α-hetero) is 1. The van der Waals surface area contributed by atoms with Crippen molar-refractivity contribution in [2.45, 2.75) is 65.5 Å². The minimum atomic E-state index is -1.01. The Hall–Kier alpha value is -2.65. The highest BCUT2D eigenvalue weighted by Gasteiger charge is 2.25. The molecular formula is C29H54N6O8. The minimum Gasteiger partial charge on any atom is -0.480 e. The zero-order valence-corrected chi connectivity index (χ0v) is 26.6. The van der Waals surface area contributed by atoms with Crippen LogP contribution in [0, 0.1) is 5.92 Å². The molecule has 43 heavy (non-hydrogen) atoms. The Kier molecular flexibility index (Phi) is 17.5. The lowest BCUT2D eigenvalue weighted by molar-refractivity contribution is -0.140. The number of carboxylic acids is 3. The molecule has 0 aromatic rings. The lowest BCUT2D eigenvalue weighted by Crippen LogP contribution is -2.50. The highest BCUT2D eigenvalue weighted by Crippen LogP contribution is 2.12. The van der Waals surface area contributed by atoms with Crippen LogP contribution >= 0.6 is 0 Å². The summed E-state index contributed by atoms with van der Waals surface area (Å²) in [6.45, 7) is 12.5. The number of hydrogen-bond acceptors (Lipinski definition) is 10. The lowest BCUT2D eigenvalue weighted by Gasteiger charge is -2.32. The summed E-state index contributed by atoms with van der Waals surface area (Å²) >= 11 is 0. The average molecular weight is 615 g/mol. The minimum absolute atomic E-state index is 0.0685. The zero-order chi connectivity index (χ0) is 32.6. The Bertz CT molecular complexity index is 878. The van der Waals surface area contributed by atoms with Gasteiger partial charge in [-0.3, -0.25) is 43.6 Å². The molecule has 1 saturated heterocycles. The molecule has 0 aliphatic carbocycles. The van der Waals surface area contributed by atoms with Gasteiger partial charge in [0.25, 0.3) is 0 Å². The van der Waals surface area contributed by atoms with E-state index in [1.165, 1.54) is 0 Å². The number of carbonyl (C=O) groups is 5. The van der Waals surface area contributed by atoms with Crippen molar-refractivity contribution in [1.82, 2.24) is 30.2 Å². The Morgan fingerprint density at radius 2 is 1.02 bits per heavy atom. The number of aliphatic carboxylic acids is 3. The molecule has 1 atom stereocenters. The zero-order valence-electron chi connectivity index (χ0n) is 26.6. The number of carboxylic acid groups (broad SMARTS) is 3. The number of nitrogens with zero attached hydrogens (tertiary/aromatic N) is 4. The number of nitrogens with one attached hydrogen (secondary N) is 2. The molecular weight excluding hydrogens is 560 g/mol. The number of ketones is 1. The van der Waals surface area contributed by atoms with E-state index in [9.17, 15) is 39.3 Å². The van der Waals surface area contributed by atoms with E-state index < -0.39 is 17.9 Å². The summed E-state index contributed by atoms with van der Waals surface area (Å²) in [5, 5.41) is 34.4. The maximum atomic E-state index is 12.8. The first-order valence-electron chi connectivity index (χ1n) is 15.2. The third kappa shape index (κ3) is 18.6. The molecule has 0 saturated carbocycles. The van der Waals surface area contributed by atoms with Crippen molar-refractivity contribution in [3.8, 4) is 0 Å². The van der Waals surface area contributed by atoms with Crippen LogP contribution in [0.4, 0.5) is 0 Å². The lowest BCUT2D eigenvalue weighted by atomic mass is 9.94. The smallest absolute Gasteiger partial charge is 0.317 e. The van der Waals surface area contributed by atoms with Crippen molar-refractivity contribution in [2.75, 3.05) is 85.1 Å². The number of hydrogen-bond donors (Lipinski definition) is 5. The third-order valence-electron chi connectivity index (χ3n) is 7.14. The number of unbranched alkanes of at least 4 members (excludes halogenated alkanes) is 1. The third-order valence-corrected chi connectivity index (χ3v) is 7.14. The van der Waals surface area contributed by atoms with E-state index in [1.54, 1.807) is 14.7 Å². The second-order valence-electron chi connectivity index (χ2n) is 12.6. The number of amides is 1. The van der Waals surface area contributed by atoms with Crippen molar-refractivity contribution in [3.05, 3.63) is 0 Å². The van der Waals surface area contributed by atoms with Gasteiger partial charge in [0.05, 0.1) is 32.2 Å². The fourth-order valence-corrected chi connectivity index (χ4v) is 4.96. The molecule has 0 aromatic carbocycles. The maximum Gasteiger partial charge on any atom is 0.317 e. The van der Waals surface area contributed by atoms with Crippen molar-refractivity contribution < 1.29 is 39.3 Å². The van der Waals surface area contributed by atoms with E-state index in [4.69, 9.17) is 0 Å². The van der Waals surface area contributed by atoms with Crippen LogP contribution in [-0.2, 0) is 24.0 Å². The molecule has 1 rings (SSSR count). The van der Waals surface area contributed by atoms with Crippen molar-refractivity contribution >= 4 is 29.6 Å². The molecule has 0 radical (unpaired) electrons.